The van der Waals surface area contributed by atoms with Gasteiger partial charge in [-0.15, -0.1) is 0 Å². The van der Waals surface area contributed by atoms with Gasteiger partial charge < -0.3 is 15.0 Å². The molecule has 1 aromatic rings. The summed E-state index contributed by atoms with van der Waals surface area (Å²) in [6.07, 6.45) is 0. The quantitative estimate of drug-likeness (QED) is 0.896. The lowest BCUT2D eigenvalue weighted by Gasteiger charge is -2.33. The first-order valence-electron chi connectivity index (χ1n) is 7.11. The largest absolute Gasteiger partial charge is 0.377 e. The molecule has 1 heterocycles. The summed E-state index contributed by atoms with van der Waals surface area (Å²) in [5.41, 5.74) is -0.170. The monoisotopic (exact) mass is 345 g/mol. The lowest BCUT2D eigenvalue weighted by Crippen LogP contribution is -2.49. The lowest BCUT2D eigenvalue weighted by atomic mass is 10.2. The predicted octanol–water partition coefficient (Wildman–Crippen LogP) is 1.33. The first-order valence-corrected chi connectivity index (χ1v) is 8.55. The molecule has 2 amide bonds. The minimum atomic E-state index is -3.71. The topological polar surface area (TPSA) is 79.0 Å². The van der Waals surface area contributed by atoms with Crippen molar-refractivity contribution in [2.75, 3.05) is 39.2 Å². The van der Waals surface area contributed by atoms with Crippen LogP contribution >= 0.6 is 0 Å². The van der Waals surface area contributed by atoms with Crippen LogP contribution in [-0.2, 0) is 14.8 Å². The molecule has 0 aliphatic carbocycles. The summed E-state index contributed by atoms with van der Waals surface area (Å²) < 4.78 is 44.4. The van der Waals surface area contributed by atoms with Crippen LogP contribution in [-0.4, -0.2) is 63.5 Å². The van der Waals surface area contributed by atoms with Gasteiger partial charge in [-0.3, -0.25) is 0 Å². The van der Waals surface area contributed by atoms with Crippen LogP contribution in [0.25, 0.3) is 0 Å². The third kappa shape index (κ3) is 3.80. The number of halogens is 1. The molecule has 128 valence electrons. The van der Waals surface area contributed by atoms with E-state index in [1.54, 1.807) is 0 Å². The molecule has 0 saturated carbocycles. The van der Waals surface area contributed by atoms with Gasteiger partial charge in [-0.25, -0.2) is 21.9 Å². The Hall–Kier alpha value is -1.71. The number of carbonyl (C=O) groups excluding carboxylic acids is 1. The van der Waals surface area contributed by atoms with Gasteiger partial charge in [0.2, 0.25) is 10.0 Å². The van der Waals surface area contributed by atoms with Crippen LogP contribution < -0.4 is 5.32 Å². The maximum absolute atomic E-state index is 13.9. The molecule has 0 aromatic heterocycles. The maximum atomic E-state index is 13.9. The van der Waals surface area contributed by atoms with Crippen molar-refractivity contribution in [3.63, 3.8) is 0 Å². The number of carbonyl (C=O) groups is 1. The van der Waals surface area contributed by atoms with Crippen molar-refractivity contribution >= 4 is 21.7 Å². The van der Waals surface area contributed by atoms with E-state index in [1.807, 2.05) is 6.92 Å². The average Bonchev–Trinajstić information content (AvgIpc) is 2.49. The van der Waals surface area contributed by atoms with Crippen LogP contribution in [0.2, 0.25) is 0 Å². The summed E-state index contributed by atoms with van der Waals surface area (Å²) in [7, 11) is -0.943. The van der Waals surface area contributed by atoms with E-state index in [2.05, 4.69) is 5.32 Å². The molecule has 0 spiro atoms. The van der Waals surface area contributed by atoms with Gasteiger partial charge in [-0.05, 0) is 25.1 Å². The fourth-order valence-corrected chi connectivity index (χ4v) is 3.12. The van der Waals surface area contributed by atoms with Crippen molar-refractivity contribution in [1.29, 1.82) is 0 Å². The van der Waals surface area contributed by atoms with Gasteiger partial charge in [-0.2, -0.15) is 0 Å². The lowest BCUT2D eigenvalue weighted by molar-refractivity contribution is 0.0221. The van der Waals surface area contributed by atoms with Crippen LogP contribution in [0.5, 0.6) is 0 Å². The number of anilines is 1. The van der Waals surface area contributed by atoms with E-state index >= 15 is 0 Å². The molecular weight excluding hydrogens is 325 g/mol. The number of benzene rings is 1. The molecule has 1 N–H and O–H groups in total. The number of urea groups is 1. The molecule has 1 aromatic carbocycles. The highest BCUT2D eigenvalue weighted by molar-refractivity contribution is 7.89. The predicted molar refractivity (Wildman–Crippen MR) is 83.3 cm³/mol. The molecule has 1 aliphatic rings. The molecule has 1 aliphatic heterocycles. The summed E-state index contributed by atoms with van der Waals surface area (Å²) in [4.78, 5) is 13.7. The molecule has 23 heavy (non-hydrogen) atoms. The minimum absolute atomic E-state index is 0.0887. The first kappa shape index (κ1) is 17.6. The average molecular weight is 345 g/mol. The van der Waals surface area contributed by atoms with Crippen LogP contribution in [0.15, 0.2) is 23.1 Å². The van der Waals surface area contributed by atoms with E-state index in [-0.39, 0.29) is 16.6 Å². The fraction of sp³-hybridized carbons (Fsp3) is 0.500. The number of amides is 2. The van der Waals surface area contributed by atoms with Gasteiger partial charge in [-0.1, -0.05) is 0 Å². The first-order chi connectivity index (χ1) is 10.7. The molecule has 0 bridgehead atoms. The van der Waals surface area contributed by atoms with Crippen LogP contribution in [0.4, 0.5) is 14.9 Å². The second-order valence-corrected chi connectivity index (χ2v) is 7.63. The fourth-order valence-electron chi connectivity index (χ4n) is 2.19. The maximum Gasteiger partial charge on any atom is 0.322 e. The molecular formula is C14H20FN3O4S. The van der Waals surface area contributed by atoms with Crippen LogP contribution in [0.1, 0.15) is 6.92 Å². The Kier molecular flexibility index (Phi) is 5.23. The van der Waals surface area contributed by atoms with Crippen LogP contribution in [0, 0.1) is 5.82 Å². The number of nitrogens with zero attached hydrogens (tertiary/aromatic N) is 2. The molecule has 1 fully saturated rings. The number of morpholine rings is 1. The molecule has 7 nitrogen and oxygen atoms in total. The van der Waals surface area contributed by atoms with Crippen molar-refractivity contribution in [2.45, 2.75) is 17.9 Å². The zero-order valence-corrected chi connectivity index (χ0v) is 14.1. The van der Waals surface area contributed by atoms with Gasteiger partial charge in [0.1, 0.15) is 5.82 Å². The molecule has 1 saturated heterocycles. The van der Waals surface area contributed by atoms with Gasteiger partial charge in [0.15, 0.2) is 0 Å². The third-order valence-electron chi connectivity index (χ3n) is 3.59. The Morgan fingerprint density at radius 3 is 2.74 bits per heavy atom. The molecule has 0 radical (unpaired) electrons. The number of nitrogens with one attached hydrogen (secondary N) is 1. The van der Waals surface area contributed by atoms with Crippen molar-refractivity contribution in [3.8, 4) is 0 Å². The highest BCUT2D eigenvalue weighted by atomic mass is 32.2. The Balaban J connectivity index is 2.24. The van der Waals surface area contributed by atoms with Gasteiger partial charge >= 0.3 is 6.03 Å². The minimum Gasteiger partial charge on any atom is -0.377 e. The van der Waals surface area contributed by atoms with Gasteiger partial charge in [0.25, 0.3) is 0 Å². The molecule has 0 unspecified atom stereocenters. The Morgan fingerprint density at radius 1 is 1.43 bits per heavy atom. The molecule has 9 heteroatoms. The highest BCUT2D eigenvalue weighted by Gasteiger charge is 2.25. The number of ether oxygens (including phenoxy) is 1. The normalized spacial score (nSPS) is 19.0. The third-order valence-corrected chi connectivity index (χ3v) is 5.40. The van der Waals surface area contributed by atoms with Gasteiger partial charge in [0, 0.05) is 20.6 Å². The zero-order valence-electron chi connectivity index (χ0n) is 13.2. The number of hydrogen-bond acceptors (Lipinski definition) is 4. The van der Waals surface area contributed by atoms with Crippen molar-refractivity contribution < 1.29 is 22.3 Å². The van der Waals surface area contributed by atoms with Crippen molar-refractivity contribution in [3.05, 3.63) is 24.0 Å². The van der Waals surface area contributed by atoms with E-state index in [0.29, 0.717) is 19.8 Å². The molecule has 2 rings (SSSR count). The summed E-state index contributed by atoms with van der Waals surface area (Å²) in [6, 6.07) is 2.68. The summed E-state index contributed by atoms with van der Waals surface area (Å²) in [5, 5.41) is 2.44. The van der Waals surface area contributed by atoms with E-state index < -0.39 is 21.9 Å². The summed E-state index contributed by atoms with van der Waals surface area (Å²) >= 11 is 0. The number of rotatable bonds is 3. The Bertz CT molecular complexity index is 693. The van der Waals surface area contributed by atoms with E-state index in [0.717, 1.165) is 22.5 Å². The standard InChI is InChI=1S/C14H20FN3O4S/c1-10-9-22-7-6-18(10)14(19)16-13-8-11(4-5-12(13)15)23(20,21)17(2)3/h4-5,8,10H,6-7,9H2,1-3H3,(H,16,19)/t10-/m1/s1. The summed E-state index contributed by atoms with van der Waals surface area (Å²) in [6.45, 7) is 3.03. The van der Waals surface area contributed by atoms with E-state index in [1.165, 1.54) is 19.0 Å². The number of sulfonamides is 1. The zero-order chi connectivity index (χ0) is 17.2. The SMILES string of the molecule is C[C@@H]1COCCN1C(=O)Nc1cc(S(=O)(=O)N(C)C)ccc1F. The van der Waals surface area contributed by atoms with Crippen molar-refractivity contribution in [1.82, 2.24) is 9.21 Å². The summed E-state index contributed by atoms with van der Waals surface area (Å²) in [5.74, 6) is -0.697. The highest BCUT2D eigenvalue weighted by Crippen LogP contribution is 2.22. The second-order valence-electron chi connectivity index (χ2n) is 5.48. The van der Waals surface area contributed by atoms with Gasteiger partial charge in [0.05, 0.1) is 29.8 Å². The smallest absolute Gasteiger partial charge is 0.322 e. The second kappa shape index (κ2) is 6.81. The van der Waals surface area contributed by atoms with Crippen LogP contribution in [0.3, 0.4) is 0 Å². The number of hydrogen-bond donors (Lipinski definition) is 1. The van der Waals surface area contributed by atoms with E-state index in [9.17, 15) is 17.6 Å². The Labute approximate surface area is 135 Å². The van der Waals surface area contributed by atoms with E-state index in [4.69, 9.17) is 4.74 Å². The van der Waals surface area contributed by atoms with Crippen molar-refractivity contribution in [2.24, 2.45) is 0 Å². The molecule has 1 atom stereocenters. The Morgan fingerprint density at radius 2 is 2.13 bits per heavy atom.